The molecule has 3 nitrogen and oxygen atoms in total. The van der Waals surface area contributed by atoms with Crippen LogP contribution in [0.15, 0.2) is 200 Å². The highest BCUT2D eigenvalue weighted by molar-refractivity contribution is 6.25. The summed E-state index contributed by atoms with van der Waals surface area (Å²) in [6.07, 6.45) is 1.87. The average molecular weight is 712 g/mol. The molecule has 11 rings (SSSR count). The van der Waals surface area contributed by atoms with Gasteiger partial charge in [0.15, 0.2) is 0 Å². The van der Waals surface area contributed by atoms with Crippen LogP contribution in [-0.2, 0) is 0 Å². The highest BCUT2D eigenvalue weighted by atomic mass is 14.8. The predicted octanol–water partition coefficient (Wildman–Crippen LogP) is 14.0. The Morgan fingerprint density at radius 3 is 1.41 bits per heavy atom. The van der Waals surface area contributed by atoms with Gasteiger partial charge in [0.1, 0.15) is 0 Å². The van der Waals surface area contributed by atoms with E-state index in [1.54, 1.807) is 0 Å². The summed E-state index contributed by atoms with van der Waals surface area (Å²) in [7, 11) is 0. The number of hydrogen-bond donors (Lipinski definition) is 0. The summed E-state index contributed by atoms with van der Waals surface area (Å²) in [6, 6.07) is 69.1. The van der Waals surface area contributed by atoms with Crippen LogP contribution in [-0.4, -0.2) is 15.0 Å². The molecule has 0 aliphatic rings. The minimum Gasteiger partial charge on any atom is -0.256 e. The Morgan fingerprint density at radius 1 is 0.286 bits per heavy atom. The number of nitrogens with zero attached hydrogens (tertiary/aromatic N) is 3. The number of pyridine rings is 1. The molecule has 0 unspecified atom stereocenters. The zero-order valence-corrected chi connectivity index (χ0v) is 30.4. The van der Waals surface area contributed by atoms with E-state index in [1.807, 2.05) is 18.3 Å². The van der Waals surface area contributed by atoms with E-state index < -0.39 is 0 Å². The van der Waals surface area contributed by atoms with Gasteiger partial charge in [0.05, 0.1) is 28.1 Å². The minimum atomic E-state index is 0.867. The lowest BCUT2D eigenvalue weighted by Crippen LogP contribution is -1.96. The zero-order valence-electron chi connectivity index (χ0n) is 30.4. The Labute approximate surface area is 324 Å². The highest BCUT2D eigenvalue weighted by Crippen LogP contribution is 2.41. The number of hydrogen-bond acceptors (Lipinski definition) is 3. The van der Waals surface area contributed by atoms with Gasteiger partial charge in [0, 0.05) is 22.9 Å². The monoisotopic (exact) mass is 711 g/mol. The average Bonchev–Trinajstić information content (AvgIpc) is 3.28. The van der Waals surface area contributed by atoms with Crippen LogP contribution in [0, 0.1) is 0 Å². The van der Waals surface area contributed by atoms with Gasteiger partial charge in [0.25, 0.3) is 0 Å². The Balaban J connectivity index is 1.03. The van der Waals surface area contributed by atoms with E-state index in [1.165, 1.54) is 32.3 Å². The first-order valence-electron chi connectivity index (χ1n) is 19.0. The zero-order chi connectivity index (χ0) is 37.0. The van der Waals surface area contributed by atoms with Gasteiger partial charge >= 0.3 is 0 Å². The van der Waals surface area contributed by atoms with Crippen molar-refractivity contribution in [1.82, 2.24) is 15.0 Å². The first-order valence-corrected chi connectivity index (χ1v) is 19.0. The Hall–Kier alpha value is -7.49. The van der Waals surface area contributed by atoms with E-state index in [0.29, 0.717) is 0 Å². The fourth-order valence-corrected chi connectivity index (χ4v) is 8.35. The summed E-state index contributed by atoms with van der Waals surface area (Å²) >= 11 is 0. The van der Waals surface area contributed by atoms with E-state index in [-0.39, 0.29) is 0 Å². The normalized spacial score (nSPS) is 11.6. The first-order chi connectivity index (χ1) is 27.7. The lowest BCUT2D eigenvalue weighted by atomic mass is 9.89. The molecule has 0 saturated carbocycles. The van der Waals surface area contributed by atoms with E-state index in [9.17, 15) is 0 Å². The van der Waals surface area contributed by atoms with E-state index in [2.05, 4.69) is 182 Å². The van der Waals surface area contributed by atoms with Gasteiger partial charge in [-0.05, 0) is 102 Å². The maximum absolute atomic E-state index is 5.26. The number of fused-ring (bicyclic) bond motifs is 8. The molecule has 0 aliphatic heterocycles. The molecule has 2 aromatic heterocycles. The summed E-state index contributed by atoms with van der Waals surface area (Å²) < 4.78 is 0. The van der Waals surface area contributed by atoms with Crippen LogP contribution in [0.1, 0.15) is 0 Å². The molecule has 0 atom stereocenters. The third-order valence-corrected chi connectivity index (χ3v) is 11.1. The molecule has 0 N–H and O–H groups in total. The largest absolute Gasteiger partial charge is 0.256 e. The first kappa shape index (κ1) is 32.0. The third kappa shape index (κ3) is 5.40. The second-order valence-corrected chi connectivity index (χ2v) is 14.4. The smallest absolute Gasteiger partial charge is 0.0973 e. The SMILES string of the molecule is c1ccc(-c2nc3cc4ccccc4cc3nc2-c2ccc(-c3ccc(-c4ccc5c6ccccc6c6ccccc6c5c4)c(-c4ccccn4)c3)cc2)cc1. The van der Waals surface area contributed by atoms with Crippen LogP contribution in [0.2, 0.25) is 0 Å². The van der Waals surface area contributed by atoms with Crippen molar-refractivity contribution >= 4 is 54.1 Å². The van der Waals surface area contributed by atoms with Gasteiger partial charge in [-0.15, -0.1) is 0 Å². The maximum atomic E-state index is 5.26. The van der Waals surface area contributed by atoms with E-state index in [0.717, 1.165) is 77.8 Å². The Kier molecular flexibility index (Phi) is 7.49. The molecule has 9 aromatic carbocycles. The summed E-state index contributed by atoms with van der Waals surface area (Å²) in [6.45, 7) is 0. The van der Waals surface area contributed by atoms with Crippen molar-refractivity contribution in [2.45, 2.75) is 0 Å². The molecule has 2 heterocycles. The van der Waals surface area contributed by atoms with Gasteiger partial charge in [-0.1, -0.05) is 158 Å². The number of rotatable bonds is 5. The van der Waals surface area contributed by atoms with Crippen LogP contribution < -0.4 is 0 Å². The minimum absolute atomic E-state index is 0.867. The molecule has 0 aliphatic carbocycles. The summed E-state index contributed by atoms with van der Waals surface area (Å²) in [4.78, 5) is 15.3. The lowest BCUT2D eigenvalue weighted by molar-refractivity contribution is 1.30. The number of aromatic nitrogens is 3. The molecule has 260 valence electrons. The highest BCUT2D eigenvalue weighted by Gasteiger charge is 2.17. The second kappa shape index (κ2) is 13.1. The standard InChI is InChI=1S/C53H33N3/c1-2-12-35(13-3-1)52-53(56-51-33-38-15-5-4-14-37(38)32-50(51)55-52)36-23-21-34(22-24-36)39-25-27-41(48(30-39)49-20-10-11-29-54-49)40-26-28-46-44-18-7-6-16-42(44)43-17-8-9-19-45(43)47(46)31-40/h1-33H. The van der Waals surface area contributed by atoms with Crippen molar-refractivity contribution < 1.29 is 0 Å². The molecule has 0 saturated heterocycles. The van der Waals surface area contributed by atoms with Crippen LogP contribution in [0.5, 0.6) is 0 Å². The maximum Gasteiger partial charge on any atom is 0.0973 e. The van der Waals surface area contributed by atoms with Crippen LogP contribution >= 0.6 is 0 Å². The van der Waals surface area contributed by atoms with E-state index in [4.69, 9.17) is 15.0 Å². The molecule has 56 heavy (non-hydrogen) atoms. The van der Waals surface area contributed by atoms with E-state index >= 15 is 0 Å². The molecular formula is C53H33N3. The van der Waals surface area contributed by atoms with Crippen molar-refractivity contribution in [2.24, 2.45) is 0 Å². The van der Waals surface area contributed by atoms with Gasteiger partial charge in [-0.3, -0.25) is 4.98 Å². The predicted molar refractivity (Wildman–Crippen MR) is 235 cm³/mol. The van der Waals surface area contributed by atoms with Crippen molar-refractivity contribution in [2.75, 3.05) is 0 Å². The van der Waals surface area contributed by atoms with Crippen molar-refractivity contribution in [3.05, 3.63) is 200 Å². The summed E-state index contributed by atoms with van der Waals surface area (Å²) in [5.74, 6) is 0. The molecule has 3 heteroatoms. The molecule has 0 bridgehead atoms. The molecule has 11 aromatic rings. The molecular weight excluding hydrogens is 679 g/mol. The molecule has 0 radical (unpaired) electrons. The van der Waals surface area contributed by atoms with Gasteiger partial charge in [-0.25, -0.2) is 9.97 Å². The van der Waals surface area contributed by atoms with Crippen molar-refractivity contribution in [3.8, 4) is 56.0 Å². The van der Waals surface area contributed by atoms with Gasteiger partial charge in [0.2, 0.25) is 0 Å². The molecule has 0 amide bonds. The fraction of sp³-hybridized carbons (Fsp3) is 0. The summed E-state index contributed by atoms with van der Waals surface area (Å²) in [5.41, 5.74) is 12.2. The quantitative estimate of drug-likeness (QED) is 0.132. The van der Waals surface area contributed by atoms with Crippen molar-refractivity contribution in [3.63, 3.8) is 0 Å². The van der Waals surface area contributed by atoms with Crippen LogP contribution in [0.4, 0.5) is 0 Å². The lowest BCUT2D eigenvalue weighted by Gasteiger charge is -2.15. The summed E-state index contributed by atoms with van der Waals surface area (Å²) in [5, 5.41) is 9.92. The molecule has 0 spiro atoms. The molecule has 0 fully saturated rings. The Bertz CT molecular complexity index is 3250. The van der Waals surface area contributed by atoms with Gasteiger partial charge < -0.3 is 0 Å². The van der Waals surface area contributed by atoms with Crippen LogP contribution in [0.25, 0.3) is 110 Å². The van der Waals surface area contributed by atoms with Crippen molar-refractivity contribution in [1.29, 1.82) is 0 Å². The van der Waals surface area contributed by atoms with Gasteiger partial charge in [-0.2, -0.15) is 0 Å². The second-order valence-electron chi connectivity index (χ2n) is 14.4. The fourth-order valence-electron chi connectivity index (χ4n) is 8.35. The van der Waals surface area contributed by atoms with Crippen LogP contribution in [0.3, 0.4) is 0 Å². The Morgan fingerprint density at radius 2 is 0.786 bits per heavy atom. The topological polar surface area (TPSA) is 38.7 Å². The third-order valence-electron chi connectivity index (χ3n) is 11.1. The number of benzene rings is 9.